The third-order valence-corrected chi connectivity index (χ3v) is 4.25. The average molecular weight is 372 g/mol. The van der Waals surface area contributed by atoms with Crippen LogP contribution in [-0.4, -0.2) is 68.2 Å². The van der Waals surface area contributed by atoms with Gasteiger partial charge in [0.15, 0.2) is 11.9 Å². The summed E-state index contributed by atoms with van der Waals surface area (Å²) in [6.45, 7) is 1.90. The Labute approximate surface area is 149 Å². The largest absolute Gasteiger partial charge is 0.493 e. The van der Waals surface area contributed by atoms with E-state index in [1.807, 2.05) is 0 Å². The molecule has 146 valence electrons. The van der Waals surface area contributed by atoms with Crippen molar-refractivity contribution >= 4 is 11.9 Å². The molecule has 1 fully saturated rings. The number of aliphatic hydroxyl groups is 2. The van der Waals surface area contributed by atoms with E-state index in [4.69, 9.17) is 20.9 Å². The monoisotopic (exact) mass is 372 g/mol. The molecule has 0 unspecified atom stereocenters. The maximum atomic E-state index is 11.9. The fourth-order valence-corrected chi connectivity index (χ4v) is 2.66. The predicted molar refractivity (Wildman–Crippen MR) is 86.7 cm³/mol. The van der Waals surface area contributed by atoms with E-state index in [9.17, 15) is 24.9 Å². The molecule has 1 saturated heterocycles. The predicted octanol–water partition coefficient (Wildman–Crippen LogP) is -1.77. The fraction of sp³-hybridized carbons (Fsp3) is 0.667. The molecule has 11 heteroatoms. The number of aliphatic hydroxyl groups excluding tert-OH is 2. The minimum Gasteiger partial charge on any atom is -0.493 e. The number of imidazole rings is 1. The van der Waals surface area contributed by atoms with Crippen molar-refractivity contribution in [2.75, 3.05) is 13.2 Å². The number of hydrogen-bond donors (Lipinski definition) is 5. The van der Waals surface area contributed by atoms with Crippen molar-refractivity contribution in [2.45, 2.75) is 44.3 Å². The summed E-state index contributed by atoms with van der Waals surface area (Å²) in [6.07, 6.45) is -2.72. The van der Waals surface area contributed by atoms with Crippen LogP contribution in [0.5, 0.6) is 5.88 Å². The van der Waals surface area contributed by atoms with Gasteiger partial charge in [0.05, 0.1) is 5.92 Å². The van der Waals surface area contributed by atoms with Gasteiger partial charge in [0, 0.05) is 0 Å². The summed E-state index contributed by atoms with van der Waals surface area (Å²) in [5, 5.41) is 30.2. The van der Waals surface area contributed by atoms with Gasteiger partial charge in [-0.15, -0.1) is 0 Å². The van der Waals surface area contributed by atoms with Gasteiger partial charge in [-0.25, -0.2) is 4.98 Å². The molecule has 0 spiro atoms. The molecule has 7 N–H and O–H groups in total. The van der Waals surface area contributed by atoms with Crippen molar-refractivity contribution in [3.05, 3.63) is 12.0 Å². The highest BCUT2D eigenvalue weighted by Gasteiger charge is 2.45. The lowest BCUT2D eigenvalue weighted by atomic mass is 10.1. The van der Waals surface area contributed by atoms with Crippen LogP contribution in [0.3, 0.4) is 0 Å². The van der Waals surface area contributed by atoms with Crippen LogP contribution in [0.25, 0.3) is 0 Å². The second kappa shape index (κ2) is 8.45. The van der Waals surface area contributed by atoms with E-state index in [0.29, 0.717) is 19.4 Å². The molecule has 1 aromatic rings. The molecule has 1 aromatic heterocycles. The number of amides is 1. The van der Waals surface area contributed by atoms with E-state index in [0.717, 1.165) is 10.9 Å². The molecule has 0 bridgehead atoms. The number of hydrogen-bond acceptors (Lipinski definition) is 9. The summed E-state index contributed by atoms with van der Waals surface area (Å²) in [4.78, 5) is 26.7. The zero-order valence-corrected chi connectivity index (χ0v) is 14.3. The summed E-state index contributed by atoms with van der Waals surface area (Å²) < 4.78 is 11.6. The van der Waals surface area contributed by atoms with Gasteiger partial charge >= 0.3 is 5.97 Å². The molecule has 5 atom stereocenters. The van der Waals surface area contributed by atoms with Gasteiger partial charge in [0.25, 0.3) is 5.91 Å². The smallest absolute Gasteiger partial charge is 0.308 e. The molecule has 0 aliphatic carbocycles. The highest BCUT2D eigenvalue weighted by Crippen LogP contribution is 2.33. The van der Waals surface area contributed by atoms with Crippen LogP contribution in [0.15, 0.2) is 6.33 Å². The van der Waals surface area contributed by atoms with Crippen molar-refractivity contribution in [3.63, 3.8) is 0 Å². The van der Waals surface area contributed by atoms with Crippen molar-refractivity contribution < 1.29 is 34.4 Å². The quantitative estimate of drug-likeness (QED) is 0.329. The number of carbonyl (C=O) groups excluding carboxylic acids is 2. The topological polar surface area (TPSA) is 183 Å². The summed E-state index contributed by atoms with van der Waals surface area (Å²) in [5.74, 6) is -2.37. The van der Waals surface area contributed by atoms with Gasteiger partial charge < -0.3 is 36.3 Å². The zero-order chi connectivity index (χ0) is 19.4. The summed E-state index contributed by atoms with van der Waals surface area (Å²) in [5.41, 5.74) is 10.1. The Hall–Kier alpha value is -2.21. The molecular formula is C15H24N4O7. The van der Waals surface area contributed by atoms with Crippen LogP contribution in [-0.2, 0) is 14.3 Å². The van der Waals surface area contributed by atoms with Crippen LogP contribution < -0.4 is 11.5 Å². The summed E-state index contributed by atoms with van der Waals surface area (Å²) in [6, 6.07) is 0. The van der Waals surface area contributed by atoms with Gasteiger partial charge in [0.1, 0.15) is 31.2 Å². The minimum atomic E-state index is -1.44. The maximum Gasteiger partial charge on any atom is 0.308 e. The standard InChI is InChI=1S/C15H24N4O7/c1-7(3-2-4-16)15(24)25-5-8-10(20)11(21)14(26-8)19-6-18-9(12(17)22)13(19)23/h6-8,10-11,14,20-21,23H,2-5,16H2,1H3,(H2,17,22)/t7-,8+,10+,11+,14+/m0/s1. The van der Waals surface area contributed by atoms with Crippen LogP contribution in [0.1, 0.15) is 36.5 Å². The number of esters is 1. The first kappa shape index (κ1) is 20.1. The van der Waals surface area contributed by atoms with Crippen LogP contribution in [0, 0.1) is 5.92 Å². The highest BCUT2D eigenvalue weighted by atomic mass is 16.6. The maximum absolute atomic E-state index is 11.9. The number of carbonyl (C=O) groups is 2. The van der Waals surface area contributed by atoms with Crippen molar-refractivity contribution in [1.29, 1.82) is 0 Å². The summed E-state index contributed by atoms with van der Waals surface area (Å²) >= 11 is 0. The fourth-order valence-electron chi connectivity index (χ4n) is 2.66. The number of ether oxygens (including phenoxy) is 2. The molecule has 26 heavy (non-hydrogen) atoms. The first-order chi connectivity index (χ1) is 12.3. The Bertz CT molecular complexity index is 650. The van der Waals surface area contributed by atoms with E-state index in [1.165, 1.54) is 0 Å². The number of nitrogens with two attached hydrogens (primary N) is 2. The molecule has 0 aromatic carbocycles. The number of aromatic hydroxyl groups is 1. The molecular weight excluding hydrogens is 348 g/mol. The lowest BCUT2D eigenvalue weighted by Gasteiger charge is -2.17. The van der Waals surface area contributed by atoms with Crippen molar-refractivity contribution in [3.8, 4) is 5.88 Å². The second-order valence-corrected chi connectivity index (χ2v) is 6.20. The van der Waals surface area contributed by atoms with Gasteiger partial charge in [-0.3, -0.25) is 14.2 Å². The van der Waals surface area contributed by atoms with Crippen LogP contribution in [0.4, 0.5) is 0 Å². The third-order valence-electron chi connectivity index (χ3n) is 4.25. The SMILES string of the molecule is C[C@@H](CCCN)C(=O)OC[C@H]1O[C@@H](n2cnc(C(N)=O)c2O)[C@H](O)[C@@H]1O. The van der Waals surface area contributed by atoms with E-state index in [-0.39, 0.29) is 18.2 Å². The third kappa shape index (κ3) is 4.12. The second-order valence-electron chi connectivity index (χ2n) is 6.20. The lowest BCUT2D eigenvalue weighted by molar-refractivity contribution is -0.154. The van der Waals surface area contributed by atoms with Gasteiger partial charge in [-0.2, -0.15) is 0 Å². The van der Waals surface area contributed by atoms with Crippen molar-refractivity contribution in [2.24, 2.45) is 17.4 Å². The highest BCUT2D eigenvalue weighted by molar-refractivity contribution is 5.93. The van der Waals surface area contributed by atoms with Gasteiger partial charge in [0.2, 0.25) is 5.88 Å². The Balaban J connectivity index is 1.99. The molecule has 11 nitrogen and oxygen atoms in total. The van der Waals surface area contributed by atoms with Gasteiger partial charge in [-0.1, -0.05) is 6.92 Å². The molecule has 2 heterocycles. The number of aromatic nitrogens is 2. The molecule has 0 saturated carbocycles. The lowest BCUT2D eigenvalue weighted by Crippen LogP contribution is -2.35. The minimum absolute atomic E-state index is 0.279. The first-order valence-corrected chi connectivity index (χ1v) is 8.21. The number of nitrogens with zero attached hydrogens (tertiary/aromatic N) is 2. The molecule has 1 amide bonds. The normalized spacial score (nSPS) is 26.6. The van der Waals surface area contributed by atoms with Crippen molar-refractivity contribution in [1.82, 2.24) is 9.55 Å². The zero-order valence-electron chi connectivity index (χ0n) is 14.3. The Kier molecular flexibility index (Phi) is 6.53. The van der Waals surface area contributed by atoms with E-state index >= 15 is 0 Å². The van der Waals surface area contributed by atoms with Crippen LogP contribution in [0.2, 0.25) is 0 Å². The van der Waals surface area contributed by atoms with E-state index in [1.54, 1.807) is 6.92 Å². The molecule has 1 aliphatic rings. The Morgan fingerprint density at radius 1 is 1.42 bits per heavy atom. The van der Waals surface area contributed by atoms with Crippen LogP contribution >= 0.6 is 0 Å². The first-order valence-electron chi connectivity index (χ1n) is 8.21. The van der Waals surface area contributed by atoms with Gasteiger partial charge in [-0.05, 0) is 19.4 Å². The molecule has 1 aliphatic heterocycles. The Morgan fingerprint density at radius 2 is 2.12 bits per heavy atom. The number of rotatable bonds is 8. The Morgan fingerprint density at radius 3 is 2.69 bits per heavy atom. The average Bonchev–Trinajstić information content (AvgIpc) is 3.11. The number of primary amides is 1. The van der Waals surface area contributed by atoms with E-state index in [2.05, 4.69) is 4.98 Å². The molecule has 2 rings (SSSR count). The van der Waals surface area contributed by atoms with E-state index < -0.39 is 42.3 Å². The summed E-state index contributed by atoms with van der Waals surface area (Å²) in [7, 11) is 0. The molecule has 0 radical (unpaired) electrons.